The van der Waals surface area contributed by atoms with Crippen molar-refractivity contribution in [3.05, 3.63) is 42.7 Å². The van der Waals surface area contributed by atoms with Gasteiger partial charge in [-0.3, -0.25) is 4.79 Å². The Balaban J connectivity index is 2.40. The molecule has 1 aromatic rings. The molecule has 0 aliphatic heterocycles. The lowest BCUT2D eigenvalue weighted by atomic mass is 10.3. The van der Waals surface area contributed by atoms with Crippen molar-refractivity contribution in [1.82, 2.24) is 5.32 Å². The quantitative estimate of drug-likeness (QED) is 0.615. The fourth-order valence-electron chi connectivity index (χ4n) is 0.942. The highest BCUT2D eigenvalue weighted by atomic mass is 32.2. The van der Waals surface area contributed by atoms with Gasteiger partial charge in [-0.2, -0.15) is 0 Å². The normalized spacial score (nSPS) is 9.67. The summed E-state index contributed by atoms with van der Waals surface area (Å²) in [5.74, 6) is -0.198. The van der Waals surface area contributed by atoms with Crippen LogP contribution in [0.25, 0.3) is 0 Å². The van der Waals surface area contributed by atoms with Crippen molar-refractivity contribution in [2.75, 3.05) is 12.3 Å². The van der Waals surface area contributed by atoms with Crippen molar-refractivity contribution in [3.8, 4) is 0 Å². The molecule has 0 heterocycles. The van der Waals surface area contributed by atoms with Crippen LogP contribution in [-0.4, -0.2) is 18.2 Å². The summed E-state index contributed by atoms with van der Waals surface area (Å²) in [6, 6.07) is 6.40. The van der Waals surface area contributed by atoms with Crippen molar-refractivity contribution in [3.63, 3.8) is 0 Å². The Morgan fingerprint density at radius 1 is 1.53 bits per heavy atom. The molecule has 0 bridgehead atoms. The Morgan fingerprint density at radius 3 is 2.93 bits per heavy atom. The van der Waals surface area contributed by atoms with Crippen LogP contribution < -0.4 is 5.32 Å². The van der Waals surface area contributed by atoms with E-state index in [1.54, 1.807) is 24.3 Å². The van der Waals surface area contributed by atoms with Crippen LogP contribution in [0, 0.1) is 5.82 Å². The maximum absolute atomic E-state index is 13.1. The average molecular weight is 225 g/mol. The lowest BCUT2D eigenvalue weighted by Gasteiger charge is -2.03. The number of nitrogens with one attached hydrogen (secondary N) is 1. The summed E-state index contributed by atoms with van der Waals surface area (Å²) in [6.07, 6.45) is 1.60. The fraction of sp³-hybridized carbons (Fsp3) is 0.182. The van der Waals surface area contributed by atoms with Crippen molar-refractivity contribution in [2.45, 2.75) is 4.90 Å². The van der Waals surface area contributed by atoms with Gasteiger partial charge in [0.25, 0.3) is 0 Å². The van der Waals surface area contributed by atoms with Gasteiger partial charge in [0.1, 0.15) is 5.82 Å². The van der Waals surface area contributed by atoms with Gasteiger partial charge >= 0.3 is 0 Å². The highest BCUT2D eigenvalue weighted by Gasteiger charge is 2.04. The summed E-state index contributed by atoms with van der Waals surface area (Å²) < 4.78 is 13.1. The Labute approximate surface area is 92.6 Å². The fourth-order valence-corrected chi connectivity index (χ4v) is 1.71. The monoisotopic (exact) mass is 225 g/mol. The van der Waals surface area contributed by atoms with E-state index in [4.69, 9.17) is 0 Å². The molecule has 0 aliphatic carbocycles. The van der Waals surface area contributed by atoms with Crippen LogP contribution in [0.3, 0.4) is 0 Å². The van der Waals surface area contributed by atoms with Crippen molar-refractivity contribution in [2.24, 2.45) is 0 Å². The smallest absolute Gasteiger partial charge is 0.230 e. The molecule has 0 aromatic heterocycles. The Bertz CT molecular complexity index is 354. The number of amides is 1. The minimum absolute atomic E-state index is 0.122. The summed E-state index contributed by atoms with van der Waals surface area (Å²) in [4.78, 5) is 11.7. The zero-order valence-electron chi connectivity index (χ0n) is 8.20. The first-order valence-corrected chi connectivity index (χ1v) is 5.47. The Morgan fingerprint density at radius 2 is 2.27 bits per heavy atom. The van der Waals surface area contributed by atoms with E-state index in [0.717, 1.165) is 0 Å². The molecule has 0 fully saturated rings. The number of benzene rings is 1. The molecule has 0 saturated heterocycles. The van der Waals surface area contributed by atoms with Gasteiger partial charge in [0.05, 0.1) is 5.75 Å². The first kappa shape index (κ1) is 11.8. The molecule has 0 aliphatic rings. The minimum Gasteiger partial charge on any atom is -0.352 e. The van der Waals surface area contributed by atoms with Crippen LogP contribution in [0.5, 0.6) is 0 Å². The highest BCUT2D eigenvalue weighted by molar-refractivity contribution is 8.00. The highest BCUT2D eigenvalue weighted by Crippen LogP contribution is 2.20. The molecule has 0 radical (unpaired) electrons. The van der Waals surface area contributed by atoms with Crippen molar-refractivity contribution in [1.29, 1.82) is 0 Å². The van der Waals surface area contributed by atoms with Gasteiger partial charge in [-0.1, -0.05) is 18.2 Å². The minimum atomic E-state index is -0.293. The average Bonchev–Trinajstić information content (AvgIpc) is 2.25. The van der Waals surface area contributed by atoms with E-state index in [9.17, 15) is 9.18 Å². The molecule has 4 heteroatoms. The second kappa shape index (κ2) is 6.24. The SMILES string of the molecule is C=CCNC(=O)CSc1ccccc1F. The third-order valence-electron chi connectivity index (χ3n) is 1.64. The van der Waals surface area contributed by atoms with E-state index in [1.807, 2.05) is 0 Å². The predicted molar refractivity (Wildman–Crippen MR) is 60.3 cm³/mol. The van der Waals surface area contributed by atoms with Crippen LogP contribution in [0.15, 0.2) is 41.8 Å². The number of carbonyl (C=O) groups excluding carboxylic acids is 1. The van der Waals surface area contributed by atoms with Gasteiger partial charge in [-0.15, -0.1) is 18.3 Å². The Hall–Kier alpha value is -1.29. The molecule has 80 valence electrons. The summed E-state index contributed by atoms with van der Waals surface area (Å²) in [6.45, 7) is 3.92. The summed E-state index contributed by atoms with van der Waals surface area (Å²) in [5, 5.41) is 2.62. The van der Waals surface area contributed by atoms with Gasteiger partial charge in [0.15, 0.2) is 0 Å². The third kappa shape index (κ3) is 4.16. The summed E-state index contributed by atoms with van der Waals surface area (Å²) in [7, 11) is 0. The van der Waals surface area contributed by atoms with Crippen LogP contribution in [-0.2, 0) is 4.79 Å². The molecule has 0 saturated carbocycles. The van der Waals surface area contributed by atoms with Gasteiger partial charge in [0, 0.05) is 11.4 Å². The second-order valence-corrected chi connectivity index (χ2v) is 3.83. The summed E-state index contributed by atoms with van der Waals surface area (Å²) >= 11 is 1.18. The molecule has 0 unspecified atom stereocenters. The lowest BCUT2D eigenvalue weighted by Crippen LogP contribution is -2.24. The largest absolute Gasteiger partial charge is 0.352 e. The third-order valence-corrected chi connectivity index (χ3v) is 2.69. The van der Waals surface area contributed by atoms with E-state index in [-0.39, 0.29) is 17.5 Å². The first-order chi connectivity index (χ1) is 7.24. The Kier molecular flexibility index (Phi) is 4.90. The van der Waals surface area contributed by atoms with Crippen LogP contribution in [0.1, 0.15) is 0 Å². The number of hydrogen-bond acceptors (Lipinski definition) is 2. The van der Waals surface area contributed by atoms with Gasteiger partial charge in [-0.05, 0) is 12.1 Å². The van der Waals surface area contributed by atoms with E-state index >= 15 is 0 Å². The molecular formula is C11H12FNOS. The lowest BCUT2D eigenvalue weighted by molar-refractivity contribution is -0.118. The zero-order valence-corrected chi connectivity index (χ0v) is 9.02. The van der Waals surface area contributed by atoms with Crippen LogP contribution in [0.4, 0.5) is 4.39 Å². The van der Waals surface area contributed by atoms with Crippen molar-refractivity contribution >= 4 is 17.7 Å². The van der Waals surface area contributed by atoms with Crippen molar-refractivity contribution < 1.29 is 9.18 Å². The molecule has 0 spiro atoms. The number of thioether (sulfide) groups is 1. The topological polar surface area (TPSA) is 29.1 Å². The van der Waals surface area contributed by atoms with E-state index in [1.165, 1.54) is 17.8 Å². The molecule has 1 aromatic carbocycles. The maximum Gasteiger partial charge on any atom is 0.230 e. The second-order valence-electron chi connectivity index (χ2n) is 2.81. The van der Waals surface area contributed by atoms with E-state index in [0.29, 0.717) is 11.4 Å². The number of halogens is 1. The number of carbonyl (C=O) groups is 1. The van der Waals surface area contributed by atoms with Crippen LogP contribution in [0.2, 0.25) is 0 Å². The zero-order chi connectivity index (χ0) is 11.1. The number of rotatable bonds is 5. The molecule has 1 amide bonds. The van der Waals surface area contributed by atoms with Gasteiger partial charge in [0.2, 0.25) is 5.91 Å². The van der Waals surface area contributed by atoms with Gasteiger partial charge in [-0.25, -0.2) is 4.39 Å². The molecule has 15 heavy (non-hydrogen) atoms. The maximum atomic E-state index is 13.1. The number of hydrogen-bond donors (Lipinski definition) is 1. The molecular weight excluding hydrogens is 213 g/mol. The summed E-state index contributed by atoms with van der Waals surface area (Å²) in [5.41, 5.74) is 0. The van der Waals surface area contributed by atoms with E-state index in [2.05, 4.69) is 11.9 Å². The molecule has 2 nitrogen and oxygen atoms in total. The van der Waals surface area contributed by atoms with Crippen LogP contribution >= 0.6 is 11.8 Å². The predicted octanol–water partition coefficient (Wildman–Crippen LogP) is 2.22. The standard InChI is InChI=1S/C11H12FNOS/c1-2-7-13-11(14)8-15-10-6-4-3-5-9(10)12/h2-6H,1,7-8H2,(H,13,14). The van der Waals surface area contributed by atoms with Gasteiger partial charge < -0.3 is 5.32 Å². The molecule has 0 atom stereocenters. The molecule has 1 rings (SSSR count). The van der Waals surface area contributed by atoms with E-state index < -0.39 is 0 Å². The molecule has 1 N–H and O–H groups in total. The first-order valence-electron chi connectivity index (χ1n) is 4.49.